The molecule has 14 heteroatoms. The van der Waals surface area contributed by atoms with Gasteiger partial charge in [0.1, 0.15) is 0 Å². The number of benzene rings is 15. The molecule has 0 atom stereocenters. The van der Waals surface area contributed by atoms with E-state index < -0.39 is 0 Å². The second-order valence-electron chi connectivity index (χ2n) is 34.5. The number of hydrogen-bond acceptors (Lipinski definition) is 14. The molecular formula is C130H88N14. The Morgan fingerprint density at radius 1 is 0.0972 bits per heavy atom. The maximum Gasteiger partial charge on any atom is 0.160 e. The van der Waals surface area contributed by atoms with Crippen LogP contribution < -0.4 is 0 Å². The van der Waals surface area contributed by atoms with Gasteiger partial charge in [0.2, 0.25) is 0 Å². The fourth-order valence-electron chi connectivity index (χ4n) is 17.6. The molecular weight excluding hydrogens is 1760 g/mol. The van der Waals surface area contributed by atoms with Crippen LogP contribution in [0.5, 0.6) is 0 Å². The summed E-state index contributed by atoms with van der Waals surface area (Å²) in [5.74, 6) is 2.71. The van der Waals surface area contributed by atoms with Gasteiger partial charge < -0.3 is 0 Å². The third-order valence-electron chi connectivity index (χ3n) is 25.1. The van der Waals surface area contributed by atoms with E-state index in [1.54, 1.807) is 49.6 Å². The first kappa shape index (κ1) is 89.5. The topological polar surface area (TPSA) is 180 Å². The lowest BCUT2D eigenvalue weighted by atomic mass is 9.94. The first-order chi connectivity index (χ1) is 71.3. The molecule has 144 heavy (non-hydrogen) atoms. The molecule has 0 N–H and O–H groups in total. The van der Waals surface area contributed by atoms with Crippen molar-refractivity contribution in [2.75, 3.05) is 0 Å². The molecule has 9 heterocycles. The number of rotatable bonds is 21. The Kier molecular flexibility index (Phi) is 26.4. The Morgan fingerprint density at radius 2 is 0.312 bits per heavy atom. The van der Waals surface area contributed by atoms with Gasteiger partial charge in [-0.2, -0.15) is 0 Å². The highest BCUT2D eigenvalue weighted by Gasteiger charge is 2.21. The smallest absolute Gasteiger partial charge is 0.160 e. The van der Waals surface area contributed by atoms with Crippen LogP contribution in [0.2, 0.25) is 0 Å². The lowest BCUT2D eigenvalue weighted by Gasteiger charge is -2.13. The minimum atomic E-state index is 0.666. The highest BCUT2D eigenvalue weighted by molar-refractivity contribution is 5.88. The van der Waals surface area contributed by atoms with Gasteiger partial charge in [0.15, 0.2) is 23.3 Å². The van der Waals surface area contributed by atoms with Crippen molar-refractivity contribution in [1.82, 2.24) is 69.8 Å². The number of aromatic nitrogens is 14. The summed E-state index contributed by atoms with van der Waals surface area (Å²) >= 11 is 0. The molecule has 0 saturated carbocycles. The zero-order valence-corrected chi connectivity index (χ0v) is 78.1. The molecule has 0 saturated heterocycles. The van der Waals surface area contributed by atoms with Crippen LogP contribution in [0, 0.1) is 0 Å². The van der Waals surface area contributed by atoms with E-state index in [0.717, 1.165) is 212 Å². The second-order valence-corrected chi connectivity index (χ2v) is 34.5. The van der Waals surface area contributed by atoms with Gasteiger partial charge in [-0.25, -0.2) is 39.9 Å². The summed E-state index contributed by atoms with van der Waals surface area (Å²) in [7, 11) is 0. The molecule has 15 aromatic carbocycles. The van der Waals surface area contributed by atoms with Gasteiger partial charge in [0.25, 0.3) is 0 Å². The molecule has 0 amide bonds. The molecule has 24 aromatic rings. The molecule has 0 fully saturated rings. The SMILES string of the molecule is c1ccc(-c2cc(-c3ccccc3)nc(-c3cc(-c4ccc(-c5cccnc5)cc4)cc(-c4ccc(-c5ccccn5)cc4)c3)n2)cc1.c1ccc(-c2cc(-c3ccccc3)nc(-c3cc(-c4ccc(-c5cccnc5)cc4)cc(-c4ccc(-c5cnccn5)cc4)c3)n2)cc1.c1ccc(-c2cc(-c3ccccc3)nc(-c3cc(-c4ccc(-c5cccnc5)cc4)cc(-c4ccc(-c5ncccn5)cc4)c3)n2)cc1. The Hall–Kier alpha value is -19.7. The standard InChI is InChI=1S/C44H30N4.2C43H29N5/c1-3-10-34(11-4-1)42-29-43(35-12-5-2-6-13-35)48-44(47-42)40-27-38(32-18-16-31(17-19-32)37-14-9-24-45-30-37)26-39(28-40)33-20-22-36(23-21-33)41-15-7-8-25-46-41;1-3-9-33(10-4-1)40-28-41(34-11-5-2-6-12-34)48-43(47-40)39-26-37(31-16-14-30(15-17-31)36-13-7-22-44-29-36)25-38(27-39)32-18-20-35(21-19-32)42-45-23-8-24-46-42;1-3-8-33(9-4-1)40-27-41(34-10-5-2-6-11-34)48-43(47-40)39-25-37(31-15-13-30(14-16-31)36-12-7-21-44-28-36)24-38(26-39)32-17-19-35(20-18-32)42-29-45-22-23-46-42/h1-30H;2*1-29H. The average Bonchev–Trinajstić information content (AvgIpc) is 0.785. The summed E-state index contributed by atoms with van der Waals surface area (Å²) in [6.07, 6.45) is 21.6. The zero-order valence-electron chi connectivity index (χ0n) is 78.1. The fraction of sp³-hybridized carbons (Fsp3) is 0. The Labute approximate surface area is 835 Å². The lowest BCUT2D eigenvalue weighted by molar-refractivity contribution is 1.18. The normalized spacial score (nSPS) is 10.9. The van der Waals surface area contributed by atoms with Crippen LogP contribution in [0.1, 0.15) is 0 Å². The van der Waals surface area contributed by atoms with Gasteiger partial charge in [-0.3, -0.25) is 29.9 Å². The molecule has 14 nitrogen and oxygen atoms in total. The monoisotopic (exact) mass is 1840 g/mol. The maximum absolute atomic E-state index is 5.15. The van der Waals surface area contributed by atoms with E-state index in [-0.39, 0.29) is 0 Å². The second kappa shape index (κ2) is 42.5. The summed E-state index contributed by atoms with van der Waals surface area (Å²) in [4.78, 5) is 65.8. The van der Waals surface area contributed by atoms with E-state index in [9.17, 15) is 0 Å². The molecule has 0 aliphatic heterocycles. The summed E-state index contributed by atoms with van der Waals surface area (Å²) < 4.78 is 0. The summed E-state index contributed by atoms with van der Waals surface area (Å²) in [6, 6.07) is 159. The minimum Gasteiger partial charge on any atom is -0.264 e. The van der Waals surface area contributed by atoms with Crippen LogP contribution >= 0.6 is 0 Å². The Morgan fingerprint density at radius 3 is 0.562 bits per heavy atom. The molecule has 24 rings (SSSR count). The quantitative estimate of drug-likeness (QED) is 0.0663. The van der Waals surface area contributed by atoms with Crippen LogP contribution in [0.25, 0.3) is 236 Å². The van der Waals surface area contributed by atoms with E-state index in [0.29, 0.717) is 23.3 Å². The Bertz CT molecular complexity index is 7190. The van der Waals surface area contributed by atoms with Gasteiger partial charge in [0, 0.05) is 135 Å². The van der Waals surface area contributed by atoms with E-state index >= 15 is 0 Å². The van der Waals surface area contributed by atoms with Crippen molar-refractivity contribution < 1.29 is 0 Å². The van der Waals surface area contributed by atoms with Crippen LogP contribution in [0.15, 0.2) is 535 Å². The van der Waals surface area contributed by atoms with Crippen LogP contribution in [0.4, 0.5) is 0 Å². The van der Waals surface area contributed by atoms with Gasteiger partial charge in [-0.05, 0) is 209 Å². The van der Waals surface area contributed by atoms with Crippen molar-refractivity contribution in [2.24, 2.45) is 0 Å². The van der Waals surface area contributed by atoms with Gasteiger partial charge in [-0.1, -0.05) is 352 Å². The van der Waals surface area contributed by atoms with Crippen molar-refractivity contribution in [1.29, 1.82) is 0 Å². The molecule has 0 bridgehead atoms. The Balaban J connectivity index is 0.000000123. The fourth-order valence-corrected chi connectivity index (χ4v) is 17.6. The van der Waals surface area contributed by atoms with Gasteiger partial charge >= 0.3 is 0 Å². The van der Waals surface area contributed by atoms with E-state index in [1.807, 2.05) is 176 Å². The van der Waals surface area contributed by atoms with Crippen LogP contribution in [0.3, 0.4) is 0 Å². The highest BCUT2D eigenvalue weighted by atomic mass is 14.9. The molecule has 0 spiro atoms. The first-order valence-corrected chi connectivity index (χ1v) is 47.6. The highest BCUT2D eigenvalue weighted by Crippen LogP contribution is 2.42. The predicted octanol–water partition coefficient (Wildman–Crippen LogP) is 31.6. The van der Waals surface area contributed by atoms with Crippen LogP contribution in [-0.4, -0.2) is 69.8 Å². The minimum absolute atomic E-state index is 0.666. The largest absolute Gasteiger partial charge is 0.264 e. The first-order valence-electron chi connectivity index (χ1n) is 47.6. The van der Waals surface area contributed by atoms with E-state index in [1.165, 1.54) is 0 Å². The summed E-state index contributed by atoms with van der Waals surface area (Å²) in [6.45, 7) is 0. The molecule has 0 unspecified atom stereocenters. The number of pyridine rings is 4. The number of hydrogen-bond donors (Lipinski definition) is 0. The average molecular weight is 1850 g/mol. The third kappa shape index (κ3) is 21.1. The van der Waals surface area contributed by atoms with E-state index in [4.69, 9.17) is 29.9 Å². The van der Waals surface area contributed by atoms with E-state index in [2.05, 4.69) is 349 Å². The molecule has 678 valence electrons. The molecule has 0 aliphatic rings. The molecule has 0 aliphatic carbocycles. The van der Waals surface area contributed by atoms with Crippen molar-refractivity contribution in [3.05, 3.63) is 535 Å². The van der Waals surface area contributed by atoms with Crippen molar-refractivity contribution >= 4 is 0 Å². The van der Waals surface area contributed by atoms with Crippen molar-refractivity contribution in [3.8, 4) is 236 Å². The van der Waals surface area contributed by atoms with Gasteiger partial charge in [-0.15, -0.1) is 0 Å². The van der Waals surface area contributed by atoms with Crippen molar-refractivity contribution in [2.45, 2.75) is 0 Å². The van der Waals surface area contributed by atoms with Gasteiger partial charge in [0.05, 0.1) is 51.7 Å². The van der Waals surface area contributed by atoms with Crippen LogP contribution in [-0.2, 0) is 0 Å². The zero-order chi connectivity index (χ0) is 96.4. The number of nitrogens with zero attached hydrogens (tertiary/aromatic N) is 14. The summed E-state index contributed by atoms with van der Waals surface area (Å²) in [5, 5.41) is 0. The third-order valence-corrected chi connectivity index (χ3v) is 25.1. The van der Waals surface area contributed by atoms with Crippen molar-refractivity contribution in [3.63, 3.8) is 0 Å². The predicted molar refractivity (Wildman–Crippen MR) is 583 cm³/mol. The summed E-state index contributed by atoms with van der Waals surface area (Å²) in [5.41, 5.74) is 38.8. The molecule has 9 aromatic heterocycles. The molecule has 0 radical (unpaired) electrons. The lowest BCUT2D eigenvalue weighted by Crippen LogP contribution is -1.97. The maximum atomic E-state index is 5.15.